The lowest BCUT2D eigenvalue weighted by Crippen LogP contribution is -2.09. The minimum Gasteiger partial charge on any atom is -0.309 e. The van der Waals surface area contributed by atoms with E-state index >= 15 is 0 Å². The second-order valence-corrected chi connectivity index (χ2v) is 22.3. The van der Waals surface area contributed by atoms with Gasteiger partial charge in [-0.05, 0) is 97.8 Å². The summed E-state index contributed by atoms with van der Waals surface area (Å²) in [7, 11) is 0. The van der Waals surface area contributed by atoms with E-state index in [1.807, 2.05) is 78.9 Å². The van der Waals surface area contributed by atoms with Crippen LogP contribution >= 0.6 is 0 Å². The van der Waals surface area contributed by atoms with Gasteiger partial charge < -0.3 is 9.13 Å². The molecule has 11 aromatic carbocycles. The molecule has 0 aliphatic rings. The van der Waals surface area contributed by atoms with Crippen molar-refractivity contribution in [3.05, 3.63) is 296 Å². The Kier molecular flexibility index (Phi) is 12.8. The highest BCUT2D eigenvalue weighted by Crippen LogP contribution is 2.46. The highest BCUT2D eigenvalue weighted by atomic mass is 15.1. The summed E-state index contributed by atoms with van der Waals surface area (Å²) in [5.41, 5.74) is 18.9. The number of aryl methyl sites for hydroxylation is 2. The van der Waals surface area contributed by atoms with E-state index in [2.05, 4.69) is 229 Å². The Hall–Kier alpha value is -11.8. The topological polar surface area (TPSA) is 100 Å². The zero-order valence-corrected chi connectivity index (χ0v) is 48.2. The van der Waals surface area contributed by atoms with Gasteiger partial charge in [-0.3, -0.25) is 0 Å². The molecule has 88 heavy (non-hydrogen) atoms. The van der Waals surface area contributed by atoms with Crippen LogP contribution in [0.2, 0.25) is 0 Å². The lowest BCUT2D eigenvalue weighted by Gasteiger charge is -2.21. The molecular weight excluding hydrogens is 1070 g/mol. The van der Waals surface area contributed by atoms with Crippen LogP contribution in [0, 0.1) is 13.8 Å². The lowest BCUT2D eigenvalue weighted by molar-refractivity contribution is 1.05. The molecule has 0 amide bonds. The van der Waals surface area contributed by atoms with E-state index < -0.39 is 0 Å². The van der Waals surface area contributed by atoms with E-state index in [1.54, 1.807) is 0 Å². The van der Waals surface area contributed by atoms with E-state index in [0.717, 1.165) is 122 Å². The molecule has 0 saturated heterocycles. The maximum absolute atomic E-state index is 5.60. The predicted molar refractivity (Wildman–Crippen MR) is 358 cm³/mol. The largest absolute Gasteiger partial charge is 0.309 e. The van der Waals surface area contributed by atoms with Crippen molar-refractivity contribution in [1.82, 2.24) is 44.0 Å². The molecule has 0 unspecified atom stereocenters. The monoisotopic (exact) mass is 1130 g/mol. The fraction of sp³-hybridized carbons (Fsp3) is 0.0253. The minimum absolute atomic E-state index is 0.466. The summed E-state index contributed by atoms with van der Waals surface area (Å²) in [5.74, 6) is 3.07. The van der Waals surface area contributed by atoms with Crippen molar-refractivity contribution in [2.24, 2.45) is 0 Å². The van der Waals surface area contributed by atoms with Crippen LogP contribution in [-0.2, 0) is 0 Å². The number of hydrogen-bond donors (Lipinski definition) is 0. The highest BCUT2D eigenvalue weighted by molar-refractivity contribution is 6.13. The molecule has 16 aromatic rings. The maximum Gasteiger partial charge on any atom is 0.166 e. The van der Waals surface area contributed by atoms with Crippen molar-refractivity contribution < 1.29 is 0 Å². The van der Waals surface area contributed by atoms with Crippen LogP contribution < -0.4 is 0 Å². The first-order valence-electron chi connectivity index (χ1n) is 29.5. The average molecular weight is 1130 g/mol. The molecule has 0 spiro atoms. The summed E-state index contributed by atoms with van der Waals surface area (Å²) in [6.07, 6.45) is 0. The molecule has 0 radical (unpaired) electrons. The number of nitrogens with zero attached hydrogens (tertiary/aromatic N) is 9. The molecule has 0 aliphatic carbocycles. The van der Waals surface area contributed by atoms with Crippen LogP contribution in [0.5, 0.6) is 0 Å². The van der Waals surface area contributed by atoms with Gasteiger partial charge in [-0.25, -0.2) is 34.9 Å². The number of benzene rings is 11. The van der Waals surface area contributed by atoms with Gasteiger partial charge in [-0.15, -0.1) is 0 Å². The zero-order valence-electron chi connectivity index (χ0n) is 48.2. The molecule has 16 rings (SSSR count). The molecule has 0 fully saturated rings. The third kappa shape index (κ3) is 9.35. The van der Waals surface area contributed by atoms with Gasteiger partial charge in [-0.2, -0.15) is 0 Å². The summed E-state index contributed by atoms with van der Waals surface area (Å²) in [6.45, 7) is 4.31. The smallest absolute Gasteiger partial charge is 0.166 e. The fourth-order valence-corrected chi connectivity index (χ4v) is 12.3. The molecule has 5 aromatic heterocycles. The van der Waals surface area contributed by atoms with Gasteiger partial charge in [0, 0.05) is 71.7 Å². The van der Waals surface area contributed by atoms with E-state index in [0.29, 0.717) is 34.9 Å². The van der Waals surface area contributed by atoms with Gasteiger partial charge in [0.15, 0.2) is 34.9 Å². The van der Waals surface area contributed by atoms with Gasteiger partial charge in [0.2, 0.25) is 0 Å². The number of hydrogen-bond acceptors (Lipinski definition) is 7. The van der Waals surface area contributed by atoms with Crippen molar-refractivity contribution in [2.75, 3.05) is 0 Å². The second kappa shape index (κ2) is 21.7. The van der Waals surface area contributed by atoms with Crippen LogP contribution in [0.3, 0.4) is 0 Å². The van der Waals surface area contributed by atoms with Gasteiger partial charge in [0.1, 0.15) is 0 Å². The highest BCUT2D eigenvalue weighted by Gasteiger charge is 2.28. The maximum atomic E-state index is 5.60. The Bertz CT molecular complexity index is 5000. The molecule has 5 heterocycles. The Morgan fingerprint density at radius 1 is 0.227 bits per heavy atom. The van der Waals surface area contributed by atoms with Crippen LogP contribution in [0.1, 0.15) is 11.1 Å². The standard InChI is InChI=1S/C79H53N9/c1-50-36-40-69-61(44-50)62-45-51(2)37-41-70(62)87(69)60-48-65(78-83-74(54-26-13-5-14-27-54)81-75(84-78)55-28-15-6-16-29-55)73(66(49-60)79-85-76(56-30-17-7-18-31-56)82-77(86-79)57-32-19-8-20-33-57)88-71-42-38-58(52-22-9-3-10-23-52)46-63(71)64-47-59(39-43-72(64)88)68-35-21-34-67(80-68)53-24-11-4-12-25-53/h3-49H,1-2H3. The number of pyridine rings is 1. The van der Waals surface area contributed by atoms with Crippen LogP contribution in [0.4, 0.5) is 0 Å². The first kappa shape index (κ1) is 51.8. The third-order valence-corrected chi connectivity index (χ3v) is 16.5. The third-order valence-electron chi connectivity index (χ3n) is 16.5. The summed E-state index contributed by atoms with van der Waals surface area (Å²) < 4.78 is 4.75. The van der Waals surface area contributed by atoms with Crippen molar-refractivity contribution >= 4 is 43.6 Å². The molecule has 0 N–H and O–H groups in total. The van der Waals surface area contributed by atoms with Gasteiger partial charge >= 0.3 is 0 Å². The van der Waals surface area contributed by atoms with E-state index in [9.17, 15) is 0 Å². The van der Waals surface area contributed by atoms with Crippen LogP contribution in [0.25, 0.3) is 157 Å². The van der Waals surface area contributed by atoms with Gasteiger partial charge in [-0.1, -0.05) is 223 Å². The van der Waals surface area contributed by atoms with Crippen molar-refractivity contribution in [3.63, 3.8) is 0 Å². The Labute approximate surface area is 508 Å². The van der Waals surface area contributed by atoms with Crippen LogP contribution in [0.15, 0.2) is 285 Å². The van der Waals surface area contributed by atoms with E-state index in [4.69, 9.17) is 34.9 Å². The molecule has 9 heteroatoms. The zero-order chi connectivity index (χ0) is 58.7. The normalized spacial score (nSPS) is 11.5. The Morgan fingerprint density at radius 2 is 0.557 bits per heavy atom. The molecular formula is C79H53N9. The Balaban J connectivity index is 1.08. The summed E-state index contributed by atoms with van der Waals surface area (Å²) in [4.78, 5) is 38.2. The van der Waals surface area contributed by atoms with Gasteiger partial charge in [0.25, 0.3) is 0 Å². The Morgan fingerprint density at radius 3 is 0.989 bits per heavy atom. The number of fused-ring (bicyclic) bond motifs is 6. The molecule has 0 saturated carbocycles. The number of rotatable bonds is 11. The van der Waals surface area contributed by atoms with Gasteiger partial charge in [0.05, 0.1) is 39.1 Å². The molecule has 0 atom stereocenters. The van der Waals surface area contributed by atoms with Crippen molar-refractivity contribution in [3.8, 4) is 113 Å². The SMILES string of the molecule is Cc1ccc2c(c1)c1cc(C)ccc1n2-c1cc(-c2nc(-c3ccccc3)nc(-c3ccccc3)n2)c(-n2c3ccc(-c4ccccc4)cc3c3cc(-c4cccc(-c5ccccc5)n4)ccc32)c(-c2nc(-c3ccccc3)nc(-c3ccccc3)n2)c1. The quantitative estimate of drug-likeness (QED) is 0.127. The second-order valence-electron chi connectivity index (χ2n) is 22.3. The first-order chi connectivity index (χ1) is 43.4. The fourth-order valence-electron chi connectivity index (χ4n) is 12.3. The van der Waals surface area contributed by atoms with Crippen molar-refractivity contribution in [1.29, 1.82) is 0 Å². The van der Waals surface area contributed by atoms with Crippen LogP contribution in [-0.4, -0.2) is 44.0 Å². The minimum atomic E-state index is 0.466. The molecule has 0 bridgehead atoms. The average Bonchev–Trinajstić information content (AvgIpc) is 1.59. The summed E-state index contributed by atoms with van der Waals surface area (Å²) in [5, 5.41) is 4.38. The lowest BCUT2D eigenvalue weighted by atomic mass is 10.0. The summed E-state index contributed by atoms with van der Waals surface area (Å²) >= 11 is 0. The molecule has 9 nitrogen and oxygen atoms in total. The number of aromatic nitrogens is 9. The predicted octanol–water partition coefficient (Wildman–Crippen LogP) is 19.3. The van der Waals surface area contributed by atoms with E-state index in [1.165, 1.54) is 11.1 Å². The first-order valence-corrected chi connectivity index (χ1v) is 29.5. The molecule has 0 aliphatic heterocycles. The summed E-state index contributed by atoms with van der Waals surface area (Å²) in [6, 6.07) is 99.4. The van der Waals surface area contributed by atoms with Crippen molar-refractivity contribution in [2.45, 2.75) is 13.8 Å². The van der Waals surface area contributed by atoms with E-state index in [-0.39, 0.29) is 0 Å². The molecule has 414 valence electrons.